The van der Waals surface area contributed by atoms with Gasteiger partial charge in [-0.1, -0.05) is 23.7 Å². The molecule has 0 aromatic heterocycles. The summed E-state index contributed by atoms with van der Waals surface area (Å²) in [6.45, 7) is 0. The van der Waals surface area contributed by atoms with Crippen LogP contribution in [-0.2, 0) is 0 Å². The summed E-state index contributed by atoms with van der Waals surface area (Å²) < 4.78 is 13.1. The van der Waals surface area contributed by atoms with E-state index in [-0.39, 0.29) is 5.78 Å². The monoisotopic (exact) mass is 273 g/mol. The Hall–Kier alpha value is -2.18. The van der Waals surface area contributed by atoms with Crippen LogP contribution in [0.25, 0.3) is 0 Å². The Morgan fingerprint density at radius 2 is 1.89 bits per heavy atom. The number of nitrogens with zero attached hydrogens (tertiary/aromatic N) is 1. The van der Waals surface area contributed by atoms with Gasteiger partial charge in [0.05, 0.1) is 6.07 Å². The molecule has 4 heteroatoms. The molecule has 0 saturated carbocycles. The molecule has 0 aliphatic carbocycles. The number of hydrogen-bond acceptors (Lipinski definition) is 2. The first-order valence-corrected chi connectivity index (χ1v) is 5.94. The molecule has 1 unspecified atom stereocenters. The van der Waals surface area contributed by atoms with Crippen LogP contribution in [-0.4, -0.2) is 5.78 Å². The van der Waals surface area contributed by atoms with Crippen LogP contribution >= 0.6 is 11.6 Å². The minimum absolute atomic E-state index is 0.349. The molecule has 94 valence electrons. The molecule has 0 aliphatic rings. The quantitative estimate of drug-likeness (QED) is 0.794. The van der Waals surface area contributed by atoms with Gasteiger partial charge in [-0.15, -0.1) is 0 Å². The topological polar surface area (TPSA) is 40.9 Å². The molecule has 2 rings (SSSR count). The number of halogens is 2. The van der Waals surface area contributed by atoms with Crippen molar-refractivity contribution in [3.05, 3.63) is 70.5 Å². The fourth-order valence-electron chi connectivity index (χ4n) is 1.75. The van der Waals surface area contributed by atoms with Crippen LogP contribution in [0.15, 0.2) is 48.5 Å². The number of hydrogen-bond donors (Lipinski definition) is 0. The fraction of sp³-hybridized carbons (Fsp3) is 0.0667. The van der Waals surface area contributed by atoms with E-state index in [0.717, 1.165) is 0 Å². The molecular weight excluding hydrogens is 265 g/mol. The van der Waals surface area contributed by atoms with Gasteiger partial charge in [0, 0.05) is 10.6 Å². The number of rotatable bonds is 3. The predicted octanol–water partition coefficient (Wildman–Crippen LogP) is 3.97. The second-order valence-corrected chi connectivity index (χ2v) is 4.42. The third-order valence-corrected chi connectivity index (χ3v) is 2.95. The maximum absolute atomic E-state index is 13.1. The van der Waals surface area contributed by atoms with E-state index in [9.17, 15) is 9.18 Å². The van der Waals surface area contributed by atoms with Crippen molar-refractivity contribution >= 4 is 17.4 Å². The first-order chi connectivity index (χ1) is 9.11. The Balaban J connectivity index is 2.35. The first kappa shape index (κ1) is 13.3. The number of ketones is 1. The van der Waals surface area contributed by atoms with Crippen molar-refractivity contribution < 1.29 is 9.18 Å². The molecule has 0 aliphatic heterocycles. The lowest BCUT2D eigenvalue weighted by molar-refractivity contribution is 0.0979. The van der Waals surface area contributed by atoms with Crippen LogP contribution < -0.4 is 0 Å². The van der Waals surface area contributed by atoms with E-state index in [4.69, 9.17) is 16.9 Å². The highest BCUT2D eigenvalue weighted by molar-refractivity contribution is 6.30. The Labute approximate surface area is 115 Å². The summed E-state index contributed by atoms with van der Waals surface area (Å²) >= 11 is 5.74. The summed E-state index contributed by atoms with van der Waals surface area (Å²) in [6, 6.07) is 13.7. The molecule has 0 spiro atoms. The third-order valence-electron chi connectivity index (χ3n) is 2.70. The summed E-state index contributed by atoms with van der Waals surface area (Å²) in [7, 11) is 0. The normalized spacial score (nSPS) is 11.6. The average molecular weight is 274 g/mol. The van der Waals surface area contributed by atoms with Gasteiger partial charge >= 0.3 is 0 Å². The molecule has 0 heterocycles. The molecule has 0 fully saturated rings. The summed E-state index contributed by atoms with van der Waals surface area (Å²) in [6.07, 6.45) is 0. The first-order valence-electron chi connectivity index (χ1n) is 5.56. The van der Waals surface area contributed by atoms with E-state index < -0.39 is 11.7 Å². The van der Waals surface area contributed by atoms with Crippen LogP contribution in [0.5, 0.6) is 0 Å². The maximum atomic E-state index is 13.1. The largest absolute Gasteiger partial charge is 0.292 e. The highest BCUT2D eigenvalue weighted by Crippen LogP contribution is 2.22. The van der Waals surface area contributed by atoms with Gasteiger partial charge in [-0.25, -0.2) is 4.39 Å². The third kappa shape index (κ3) is 2.98. The van der Waals surface area contributed by atoms with Crippen molar-refractivity contribution in [3.63, 3.8) is 0 Å². The van der Waals surface area contributed by atoms with Gasteiger partial charge in [0.15, 0.2) is 5.78 Å². The van der Waals surface area contributed by atoms with Gasteiger partial charge in [-0.2, -0.15) is 5.26 Å². The van der Waals surface area contributed by atoms with E-state index in [1.807, 2.05) is 6.07 Å². The van der Waals surface area contributed by atoms with Crippen molar-refractivity contribution in [2.24, 2.45) is 0 Å². The Bertz CT molecular complexity index is 646. The molecule has 2 nitrogen and oxygen atoms in total. The molecule has 0 bridgehead atoms. The van der Waals surface area contributed by atoms with Crippen LogP contribution in [0.1, 0.15) is 21.8 Å². The molecule has 0 amide bonds. The summed E-state index contributed by atoms with van der Waals surface area (Å²) in [5, 5.41) is 9.65. The van der Waals surface area contributed by atoms with E-state index >= 15 is 0 Å². The lowest BCUT2D eigenvalue weighted by Gasteiger charge is -2.08. The average Bonchev–Trinajstić information content (AvgIpc) is 2.40. The summed E-state index contributed by atoms with van der Waals surface area (Å²) in [4.78, 5) is 12.2. The Kier molecular flexibility index (Phi) is 3.94. The Morgan fingerprint density at radius 1 is 1.21 bits per heavy atom. The van der Waals surface area contributed by atoms with E-state index in [0.29, 0.717) is 16.1 Å². The van der Waals surface area contributed by atoms with Crippen LogP contribution in [0, 0.1) is 17.1 Å². The minimum atomic E-state index is -1.02. The number of nitriles is 1. The lowest BCUT2D eigenvalue weighted by Crippen LogP contribution is -2.11. The van der Waals surface area contributed by atoms with Crippen molar-refractivity contribution in [1.82, 2.24) is 0 Å². The van der Waals surface area contributed by atoms with Crippen molar-refractivity contribution in [2.45, 2.75) is 5.92 Å². The molecule has 0 radical (unpaired) electrons. The van der Waals surface area contributed by atoms with E-state index in [2.05, 4.69) is 0 Å². The number of Topliss-reactive ketones (excluding diaryl/α,β-unsaturated/α-hetero) is 1. The zero-order chi connectivity index (χ0) is 13.8. The SMILES string of the molecule is N#CC(C(=O)c1ccc(Cl)cc1)c1cccc(F)c1. The molecular formula is C15H9ClFNO. The van der Waals surface area contributed by atoms with Crippen molar-refractivity contribution in [2.75, 3.05) is 0 Å². The number of carbonyl (C=O) groups is 1. The van der Waals surface area contributed by atoms with Crippen molar-refractivity contribution in [1.29, 1.82) is 5.26 Å². The van der Waals surface area contributed by atoms with Crippen LogP contribution in [0.2, 0.25) is 5.02 Å². The van der Waals surface area contributed by atoms with Gasteiger partial charge in [-0.3, -0.25) is 4.79 Å². The second kappa shape index (κ2) is 5.64. The molecule has 0 saturated heterocycles. The molecule has 2 aromatic rings. The summed E-state index contributed by atoms with van der Waals surface area (Å²) in [5.74, 6) is -1.86. The lowest BCUT2D eigenvalue weighted by atomic mass is 9.92. The molecule has 2 aromatic carbocycles. The standard InChI is InChI=1S/C15H9ClFNO/c16-12-6-4-10(5-7-12)15(19)14(9-18)11-2-1-3-13(17)8-11/h1-8,14H. The van der Waals surface area contributed by atoms with Gasteiger partial charge in [0.2, 0.25) is 0 Å². The number of benzene rings is 2. The highest BCUT2D eigenvalue weighted by atomic mass is 35.5. The van der Waals surface area contributed by atoms with E-state index in [1.165, 1.54) is 18.2 Å². The predicted molar refractivity (Wildman–Crippen MR) is 70.5 cm³/mol. The zero-order valence-electron chi connectivity index (χ0n) is 9.81. The summed E-state index contributed by atoms with van der Waals surface area (Å²) in [5.41, 5.74) is 0.725. The second-order valence-electron chi connectivity index (χ2n) is 3.99. The van der Waals surface area contributed by atoms with Crippen LogP contribution in [0.3, 0.4) is 0 Å². The zero-order valence-corrected chi connectivity index (χ0v) is 10.6. The van der Waals surface area contributed by atoms with Crippen molar-refractivity contribution in [3.8, 4) is 6.07 Å². The van der Waals surface area contributed by atoms with Crippen LogP contribution in [0.4, 0.5) is 4.39 Å². The molecule has 1 atom stereocenters. The highest BCUT2D eigenvalue weighted by Gasteiger charge is 2.21. The minimum Gasteiger partial charge on any atom is -0.292 e. The number of carbonyl (C=O) groups excluding carboxylic acids is 1. The molecule has 19 heavy (non-hydrogen) atoms. The maximum Gasteiger partial charge on any atom is 0.184 e. The van der Waals surface area contributed by atoms with Gasteiger partial charge in [0.1, 0.15) is 11.7 Å². The molecule has 0 N–H and O–H groups in total. The fourth-order valence-corrected chi connectivity index (χ4v) is 1.88. The van der Waals surface area contributed by atoms with Gasteiger partial charge < -0.3 is 0 Å². The van der Waals surface area contributed by atoms with Gasteiger partial charge in [0.25, 0.3) is 0 Å². The van der Waals surface area contributed by atoms with Gasteiger partial charge in [-0.05, 0) is 42.0 Å². The van der Waals surface area contributed by atoms with E-state index in [1.54, 1.807) is 30.3 Å². The smallest absolute Gasteiger partial charge is 0.184 e. The Morgan fingerprint density at radius 3 is 2.47 bits per heavy atom.